The number of aryl methyl sites for hydroxylation is 2. The van der Waals surface area contributed by atoms with Crippen molar-refractivity contribution in [1.82, 2.24) is 34.0 Å². The Balaban J connectivity index is 0.000000272. The Bertz CT molecular complexity index is 2220. The van der Waals surface area contributed by atoms with Crippen molar-refractivity contribution in [3.05, 3.63) is 63.6 Å². The van der Waals surface area contributed by atoms with E-state index in [1.54, 1.807) is 22.9 Å². The molecule has 4 fully saturated rings. The summed E-state index contributed by atoms with van der Waals surface area (Å²) in [6.07, 6.45) is 2.93. The highest BCUT2D eigenvalue weighted by molar-refractivity contribution is 5.91. The van der Waals surface area contributed by atoms with Gasteiger partial charge in [0.25, 0.3) is 5.91 Å². The van der Waals surface area contributed by atoms with Crippen LogP contribution in [0.2, 0.25) is 0 Å². The summed E-state index contributed by atoms with van der Waals surface area (Å²) in [5, 5.41) is 3.03. The van der Waals surface area contributed by atoms with Gasteiger partial charge in [0, 0.05) is 110 Å². The van der Waals surface area contributed by atoms with Crippen LogP contribution in [-0.4, -0.2) is 181 Å². The molecule has 0 radical (unpaired) electrons. The lowest BCUT2D eigenvalue weighted by Crippen LogP contribution is -2.51. The van der Waals surface area contributed by atoms with Gasteiger partial charge < -0.3 is 48.4 Å². The number of hydrogen-bond acceptors (Lipinski definition) is 12. The van der Waals surface area contributed by atoms with Crippen LogP contribution in [0.5, 0.6) is 0 Å². The molecule has 18 nitrogen and oxygen atoms in total. The number of carbonyl (C=O) groups is 5. The largest absolute Gasteiger partial charge is 0.464 e. The van der Waals surface area contributed by atoms with Gasteiger partial charge in [-0.2, -0.15) is 0 Å². The minimum atomic E-state index is -1.00. The molecule has 0 saturated carbocycles. The van der Waals surface area contributed by atoms with E-state index in [0.29, 0.717) is 69.2 Å². The standard InChI is InChI=1S/C33H41N5O6.C15H27N3O4.CH4/c1-21-8-13-36(14-9-21)30(39)28(20-23-18-22(2)29-27(19-23)43-32(41)35(29)3)44-33(42)37-15-11-25(12-16-37)38-17-10-24-6-4-5-7-26(24)34-31(38)40;1-16-4-6-18(7-5-16)14(19)2-3-15(20)22-13-10-17-8-11-21-12-9-17;/h4-7,18-19,21,25,28H,8-17,20H2,1-3H3,(H,34,40);2-13H2,1H3;1H4/t28-;;/m1../s1. The Morgan fingerprint density at radius 2 is 1.51 bits per heavy atom. The first-order chi connectivity index (χ1) is 31.8. The number of para-hydroxylation sites is 1. The molecular weight excluding hydrogens is 861 g/mol. The summed E-state index contributed by atoms with van der Waals surface area (Å²) < 4.78 is 23.3. The number of piperidine rings is 2. The Labute approximate surface area is 394 Å². The van der Waals surface area contributed by atoms with Crippen molar-refractivity contribution >= 4 is 46.7 Å². The number of aromatic nitrogens is 1. The van der Waals surface area contributed by atoms with Crippen LogP contribution in [0.3, 0.4) is 0 Å². The van der Waals surface area contributed by atoms with E-state index in [9.17, 15) is 28.8 Å². The average Bonchev–Trinajstić information content (AvgIpc) is 3.50. The zero-order chi connectivity index (χ0) is 46.7. The fraction of sp³-hybridized carbons (Fsp3) is 0.633. The van der Waals surface area contributed by atoms with Crippen molar-refractivity contribution in [1.29, 1.82) is 0 Å². The molecule has 1 N–H and O–H groups in total. The van der Waals surface area contributed by atoms with E-state index < -0.39 is 18.0 Å². The Hall–Kier alpha value is -5.46. The SMILES string of the molecule is C.CN1CCN(C(=O)CCC(=O)OCCN2CCOCC2)CC1.Cc1cc(C[C@@H](OC(=O)N2CCC(N3CCc4ccccc4NC3=O)CC2)C(=O)N2CCC(C)CC2)cc2oc(=O)n(C)c12. The highest BCUT2D eigenvalue weighted by Crippen LogP contribution is 2.27. The van der Waals surface area contributed by atoms with Gasteiger partial charge >= 0.3 is 23.8 Å². The van der Waals surface area contributed by atoms with Crippen LogP contribution in [0.25, 0.3) is 11.1 Å². The number of rotatable bonds is 11. The summed E-state index contributed by atoms with van der Waals surface area (Å²) in [5.74, 6) is -0.331. The van der Waals surface area contributed by atoms with Gasteiger partial charge in [-0.25, -0.2) is 14.4 Å². The summed E-state index contributed by atoms with van der Waals surface area (Å²) in [4.78, 5) is 87.7. The van der Waals surface area contributed by atoms with E-state index in [0.717, 1.165) is 101 Å². The molecule has 4 saturated heterocycles. The first-order valence-corrected chi connectivity index (χ1v) is 23.7. The Morgan fingerprint density at radius 1 is 0.821 bits per heavy atom. The smallest absolute Gasteiger partial charge is 0.419 e. The van der Waals surface area contributed by atoms with Crippen LogP contribution in [-0.2, 0) is 48.5 Å². The monoisotopic (exact) mass is 933 g/mol. The number of morpholine rings is 1. The summed E-state index contributed by atoms with van der Waals surface area (Å²) in [7, 11) is 3.71. The average molecular weight is 933 g/mol. The fourth-order valence-corrected chi connectivity index (χ4v) is 9.43. The maximum absolute atomic E-state index is 13.8. The number of carbonyl (C=O) groups excluding carboxylic acids is 5. The third kappa shape index (κ3) is 13.6. The van der Waals surface area contributed by atoms with Crippen LogP contribution in [0.15, 0.2) is 45.6 Å². The molecule has 0 spiro atoms. The molecule has 1 atom stereocenters. The molecule has 368 valence electrons. The summed E-state index contributed by atoms with van der Waals surface area (Å²) in [6, 6.07) is 11.4. The lowest BCUT2D eigenvalue weighted by molar-refractivity contribution is -0.147. The van der Waals surface area contributed by atoms with Gasteiger partial charge in [0.1, 0.15) is 6.61 Å². The minimum absolute atomic E-state index is 0. The number of nitrogens with zero attached hydrogens (tertiary/aromatic N) is 7. The van der Waals surface area contributed by atoms with E-state index >= 15 is 0 Å². The number of fused-ring (bicyclic) bond motifs is 2. The second kappa shape index (κ2) is 24.0. The van der Waals surface area contributed by atoms with Crippen molar-refractivity contribution in [2.24, 2.45) is 13.0 Å². The number of piperazine rings is 1. The molecule has 6 heterocycles. The molecular formula is C49H72N8O10. The Morgan fingerprint density at radius 3 is 2.22 bits per heavy atom. The summed E-state index contributed by atoms with van der Waals surface area (Å²) in [5.41, 5.74) is 4.72. The molecule has 5 aliphatic rings. The number of anilines is 1. The number of likely N-dealkylation sites (tertiary alicyclic amines) is 2. The van der Waals surface area contributed by atoms with Gasteiger partial charge in [-0.1, -0.05) is 38.6 Å². The van der Waals surface area contributed by atoms with E-state index in [4.69, 9.17) is 18.6 Å². The van der Waals surface area contributed by atoms with Crippen molar-refractivity contribution in [2.45, 2.75) is 84.8 Å². The zero-order valence-electron chi connectivity index (χ0n) is 39.2. The number of ether oxygens (including phenoxy) is 3. The van der Waals surface area contributed by atoms with Gasteiger partial charge in [0.05, 0.1) is 25.2 Å². The number of nitrogens with one attached hydrogen (secondary N) is 1. The van der Waals surface area contributed by atoms with E-state index in [-0.39, 0.29) is 56.5 Å². The number of oxazole rings is 1. The highest BCUT2D eigenvalue weighted by Gasteiger charge is 2.35. The van der Waals surface area contributed by atoms with Crippen LogP contribution in [0.1, 0.15) is 69.6 Å². The second-order valence-electron chi connectivity index (χ2n) is 18.4. The predicted molar refractivity (Wildman–Crippen MR) is 254 cm³/mol. The molecule has 5 amide bonds. The number of esters is 1. The van der Waals surface area contributed by atoms with Crippen molar-refractivity contribution in [3.8, 4) is 0 Å². The zero-order valence-corrected chi connectivity index (χ0v) is 39.2. The van der Waals surface area contributed by atoms with Crippen LogP contribution < -0.4 is 11.1 Å². The molecule has 8 rings (SSSR count). The summed E-state index contributed by atoms with van der Waals surface area (Å²) in [6.45, 7) is 14.5. The van der Waals surface area contributed by atoms with Gasteiger partial charge in [-0.15, -0.1) is 0 Å². The second-order valence-corrected chi connectivity index (χ2v) is 18.4. The lowest BCUT2D eigenvalue weighted by Gasteiger charge is -2.38. The molecule has 0 bridgehead atoms. The van der Waals surface area contributed by atoms with Crippen LogP contribution >= 0.6 is 0 Å². The number of hydrogen-bond donors (Lipinski definition) is 1. The third-order valence-corrected chi connectivity index (χ3v) is 13.6. The molecule has 0 unspecified atom stereocenters. The van der Waals surface area contributed by atoms with Gasteiger partial charge in [-0.3, -0.25) is 23.9 Å². The first-order valence-electron chi connectivity index (χ1n) is 23.7. The molecule has 3 aromatic rings. The number of urea groups is 1. The topological polar surface area (TPSA) is 180 Å². The van der Waals surface area contributed by atoms with Crippen molar-refractivity contribution < 1.29 is 42.6 Å². The van der Waals surface area contributed by atoms with Crippen LogP contribution in [0.4, 0.5) is 15.3 Å². The maximum atomic E-state index is 13.8. The third-order valence-electron chi connectivity index (χ3n) is 13.6. The van der Waals surface area contributed by atoms with Crippen LogP contribution in [0, 0.1) is 12.8 Å². The highest BCUT2D eigenvalue weighted by atomic mass is 16.6. The van der Waals surface area contributed by atoms with E-state index in [2.05, 4.69) is 22.0 Å². The van der Waals surface area contributed by atoms with Crippen molar-refractivity contribution in [2.75, 3.05) is 111 Å². The first kappa shape index (κ1) is 50.9. The summed E-state index contributed by atoms with van der Waals surface area (Å²) >= 11 is 0. The van der Waals surface area contributed by atoms with E-state index in [1.165, 1.54) is 4.57 Å². The van der Waals surface area contributed by atoms with Gasteiger partial charge in [0.15, 0.2) is 11.7 Å². The number of benzene rings is 2. The molecule has 2 aromatic carbocycles. The molecule has 5 aliphatic heterocycles. The molecule has 0 aliphatic carbocycles. The number of likely N-dealkylation sites (N-methyl/N-ethyl adjacent to an activating group) is 1. The normalized spacial score (nSPS) is 19.3. The van der Waals surface area contributed by atoms with E-state index in [1.807, 2.05) is 54.1 Å². The predicted octanol–water partition coefficient (Wildman–Crippen LogP) is 4.35. The quantitative estimate of drug-likeness (QED) is 0.269. The maximum Gasteiger partial charge on any atom is 0.419 e. The molecule has 67 heavy (non-hydrogen) atoms. The fourth-order valence-electron chi connectivity index (χ4n) is 9.43. The Kier molecular flexibility index (Phi) is 18.3. The van der Waals surface area contributed by atoms with Crippen molar-refractivity contribution in [3.63, 3.8) is 0 Å². The molecule has 18 heteroatoms. The minimum Gasteiger partial charge on any atom is -0.464 e. The molecule has 1 aromatic heterocycles. The van der Waals surface area contributed by atoms with Gasteiger partial charge in [-0.05, 0) is 80.8 Å². The van der Waals surface area contributed by atoms with Gasteiger partial charge in [0.2, 0.25) is 5.91 Å². The lowest BCUT2D eigenvalue weighted by atomic mass is 9.98. The number of amides is 5.